The Bertz CT molecular complexity index is 272. The third-order valence-electron chi connectivity index (χ3n) is 3.38. The molecule has 0 bridgehead atoms. The number of hydrogen-bond donors (Lipinski definition) is 1. The maximum atomic E-state index is 11.6. The lowest BCUT2D eigenvalue weighted by Gasteiger charge is -2.36. The minimum Gasteiger partial charge on any atom is -0.359 e. The van der Waals surface area contributed by atoms with Gasteiger partial charge in [0, 0.05) is 19.6 Å². The summed E-state index contributed by atoms with van der Waals surface area (Å²) in [6, 6.07) is 2.55. The van der Waals surface area contributed by atoms with Crippen LogP contribution >= 0.6 is 0 Å². The topological polar surface area (TPSA) is 56.1 Å². The van der Waals surface area contributed by atoms with Gasteiger partial charge >= 0.3 is 0 Å². The summed E-state index contributed by atoms with van der Waals surface area (Å²) >= 11 is 0. The zero-order chi connectivity index (χ0) is 12.0. The molecule has 1 aliphatic rings. The summed E-state index contributed by atoms with van der Waals surface area (Å²) in [6.07, 6.45) is 3.57. The number of carbonyl (C=O) groups is 1. The highest BCUT2D eigenvalue weighted by Crippen LogP contribution is 2.21. The molecule has 2 atom stereocenters. The van der Waals surface area contributed by atoms with Crippen LogP contribution in [0.15, 0.2) is 0 Å². The van der Waals surface area contributed by atoms with Crippen molar-refractivity contribution < 1.29 is 4.79 Å². The molecule has 0 aromatic heterocycles. The highest BCUT2D eigenvalue weighted by Gasteiger charge is 2.28. The van der Waals surface area contributed by atoms with Crippen LogP contribution in [0.1, 0.15) is 32.6 Å². The van der Waals surface area contributed by atoms with E-state index in [1.54, 1.807) is 7.05 Å². The zero-order valence-electron chi connectivity index (χ0n) is 10.2. The number of piperidine rings is 1. The lowest BCUT2D eigenvalue weighted by molar-refractivity contribution is -0.126. The van der Waals surface area contributed by atoms with Gasteiger partial charge in [0.15, 0.2) is 0 Å². The Morgan fingerprint density at radius 1 is 1.69 bits per heavy atom. The molecule has 0 aliphatic carbocycles. The first-order valence-electron chi connectivity index (χ1n) is 6.05. The second kappa shape index (κ2) is 6.49. The van der Waals surface area contributed by atoms with E-state index in [1.165, 1.54) is 0 Å². The van der Waals surface area contributed by atoms with Gasteiger partial charge in [0.25, 0.3) is 0 Å². The normalized spacial score (nSPS) is 23.4. The van der Waals surface area contributed by atoms with Crippen LogP contribution in [-0.2, 0) is 4.79 Å². The van der Waals surface area contributed by atoms with Gasteiger partial charge in [-0.05, 0) is 25.8 Å². The molecule has 1 saturated heterocycles. The minimum atomic E-state index is 0.103. The van der Waals surface area contributed by atoms with Crippen molar-refractivity contribution in [2.24, 2.45) is 5.92 Å². The van der Waals surface area contributed by atoms with Crippen molar-refractivity contribution >= 4 is 5.91 Å². The molecule has 0 radical (unpaired) electrons. The van der Waals surface area contributed by atoms with Crippen molar-refractivity contribution in [3.63, 3.8) is 0 Å². The van der Waals surface area contributed by atoms with Crippen LogP contribution in [0.3, 0.4) is 0 Å². The molecule has 4 heteroatoms. The number of likely N-dealkylation sites (tertiary alicyclic amines) is 1. The van der Waals surface area contributed by atoms with E-state index in [9.17, 15) is 4.79 Å². The van der Waals surface area contributed by atoms with E-state index in [4.69, 9.17) is 5.26 Å². The molecule has 0 saturated carbocycles. The Labute approximate surface area is 97.6 Å². The summed E-state index contributed by atoms with van der Waals surface area (Å²) < 4.78 is 0. The van der Waals surface area contributed by atoms with Gasteiger partial charge < -0.3 is 5.32 Å². The van der Waals surface area contributed by atoms with Crippen molar-refractivity contribution in [3.8, 4) is 6.07 Å². The van der Waals surface area contributed by atoms with Gasteiger partial charge in [-0.3, -0.25) is 9.69 Å². The molecular formula is C12H21N3O. The summed E-state index contributed by atoms with van der Waals surface area (Å²) in [6.45, 7) is 3.93. The zero-order valence-corrected chi connectivity index (χ0v) is 10.2. The Morgan fingerprint density at radius 3 is 3.00 bits per heavy atom. The van der Waals surface area contributed by atoms with E-state index >= 15 is 0 Å². The van der Waals surface area contributed by atoms with Gasteiger partial charge in [0.2, 0.25) is 5.91 Å². The van der Waals surface area contributed by atoms with Gasteiger partial charge in [-0.1, -0.05) is 6.92 Å². The number of nitrogens with zero attached hydrogens (tertiary/aromatic N) is 2. The Kier molecular flexibility index (Phi) is 5.27. The van der Waals surface area contributed by atoms with E-state index < -0.39 is 0 Å². The molecule has 0 aromatic rings. The minimum absolute atomic E-state index is 0.103. The van der Waals surface area contributed by atoms with Crippen LogP contribution in [0.5, 0.6) is 0 Å². The van der Waals surface area contributed by atoms with Crippen molar-refractivity contribution in [3.05, 3.63) is 0 Å². The fraction of sp³-hybridized carbons (Fsp3) is 0.833. The molecule has 1 amide bonds. The van der Waals surface area contributed by atoms with Crippen LogP contribution in [0.4, 0.5) is 0 Å². The van der Waals surface area contributed by atoms with Gasteiger partial charge in [0.05, 0.1) is 18.4 Å². The van der Waals surface area contributed by atoms with Crippen molar-refractivity contribution in [2.75, 3.05) is 20.1 Å². The molecule has 16 heavy (non-hydrogen) atoms. The highest BCUT2D eigenvalue weighted by atomic mass is 16.1. The van der Waals surface area contributed by atoms with Crippen LogP contribution in [0.25, 0.3) is 0 Å². The molecule has 1 heterocycles. The lowest BCUT2D eigenvalue weighted by Crippen LogP contribution is -2.46. The predicted molar refractivity (Wildman–Crippen MR) is 62.7 cm³/mol. The second-order valence-electron chi connectivity index (χ2n) is 4.37. The van der Waals surface area contributed by atoms with Gasteiger partial charge in [-0.25, -0.2) is 0 Å². The average Bonchev–Trinajstić information content (AvgIpc) is 2.35. The molecule has 1 fully saturated rings. The van der Waals surface area contributed by atoms with E-state index in [0.29, 0.717) is 12.5 Å². The smallest absolute Gasteiger partial charge is 0.224 e. The molecule has 1 aliphatic heterocycles. The maximum absolute atomic E-state index is 11.6. The third-order valence-corrected chi connectivity index (χ3v) is 3.38. The SMILES string of the molecule is CCC(CC#N)N1CCCC(C(=O)NC)C1. The number of hydrogen-bond acceptors (Lipinski definition) is 3. The first-order chi connectivity index (χ1) is 7.72. The van der Waals surface area contributed by atoms with Crippen LogP contribution < -0.4 is 5.32 Å². The number of carbonyl (C=O) groups excluding carboxylic acids is 1. The number of nitrogens with one attached hydrogen (secondary N) is 1. The number of rotatable bonds is 4. The summed E-state index contributed by atoms with van der Waals surface area (Å²) in [5.41, 5.74) is 0. The number of nitriles is 1. The van der Waals surface area contributed by atoms with E-state index in [1.807, 2.05) is 0 Å². The van der Waals surface area contributed by atoms with Gasteiger partial charge in [0.1, 0.15) is 0 Å². The average molecular weight is 223 g/mol. The molecule has 90 valence electrons. The van der Waals surface area contributed by atoms with Crippen molar-refractivity contribution in [1.29, 1.82) is 5.26 Å². The molecule has 0 spiro atoms. The summed E-state index contributed by atoms with van der Waals surface area (Å²) in [5.74, 6) is 0.239. The standard InChI is InChI=1S/C12H21N3O/c1-3-11(6-7-13)15-8-4-5-10(9-15)12(16)14-2/h10-11H,3-6,8-9H2,1-2H3,(H,14,16). The van der Waals surface area contributed by atoms with E-state index in [-0.39, 0.29) is 11.8 Å². The van der Waals surface area contributed by atoms with Gasteiger partial charge in [-0.15, -0.1) is 0 Å². The molecule has 4 nitrogen and oxygen atoms in total. The number of amides is 1. The molecule has 0 aromatic carbocycles. The van der Waals surface area contributed by atoms with Crippen LogP contribution in [-0.4, -0.2) is 37.0 Å². The lowest BCUT2D eigenvalue weighted by atomic mass is 9.95. The quantitative estimate of drug-likeness (QED) is 0.777. The fourth-order valence-electron chi connectivity index (χ4n) is 2.39. The Morgan fingerprint density at radius 2 is 2.44 bits per heavy atom. The predicted octanol–water partition coefficient (Wildman–Crippen LogP) is 1.14. The summed E-state index contributed by atoms with van der Waals surface area (Å²) in [5, 5.41) is 11.5. The van der Waals surface area contributed by atoms with Crippen LogP contribution in [0, 0.1) is 17.2 Å². The fourth-order valence-corrected chi connectivity index (χ4v) is 2.39. The maximum Gasteiger partial charge on any atom is 0.224 e. The largest absolute Gasteiger partial charge is 0.359 e. The first-order valence-corrected chi connectivity index (χ1v) is 6.05. The third kappa shape index (κ3) is 3.21. The molecule has 2 unspecified atom stereocenters. The van der Waals surface area contributed by atoms with Crippen molar-refractivity contribution in [1.82, 2.24) is 10.2 Å². The van der Waals surface area contributed by atoms with E-state index in [0.717, 1.165) is 32.4 Å². The summed E-state index contributed by atoms with van der Waals surface area (Å²) in [4.78, 5) is 13.9. The van der Waals surface area contributed by atoms with Crippen LogP contribution in [0.2, 0.25) is 0 Å². The molecule has 1 rings (SSSR count). The molecular weight excluding hydrogens is 202 g/mol. The summed E-state index contributed by atoms with van der Waals surface area (Å²) in [7, 11) is 1.69. The van der Waals surface area contributed by atoms with Gasteiger partial charge in [-0.2, -0.15) is 5.26 Å². The van der Waals surface area contributed by atoms with E-state index in [2.05, 4.69) is 23.2 Å². The second-order valence-corrected chi connectivity index (χ2v) is 4.37. The first kappa shape index (κ1) is 13.0. The Hall–Kier alpha value is -1.08. The Balaban J connectivity index is 2.55. The monoisotopic (exact) mass is 223 g/mol. The van der Waals surface area contributed by atoms with Crippen molar-refractivity contribution in [2.45, 2.75) is 38.6 Å². The molecule has 1 N–H and O–H groups in total. The highest BCUT2D eigenvalue weighted by molar-refractivity contribution is 5.78.